The molecule has 4 nitrogen and oxygen atoms in total. The van der Waals surface area contributed by atoms with Crippen LogP contribution in [-0.4, -0.2) is 21.1 Å². The lowest BCUT2D eigenvalue weighted by atomic mass is 10.1. The molecule has 2 heterocycles. The first kappa shape index (κ1) is 14.1. The van der Waals surface area contributed by atoms with Gasteiger partial charge in [-0.2, -0.15) is 0 Å². The first-order valence-electron chi connectivity index (χ1n) is 6.55. The predicted octanol–water partition coefficient (Wildman–Crippen LogP) is 3.03. The lowest BCUT2D eigenvalue weighted by Crippen LogP contribution is -2.19. The van der Waals surface area contributed by atoms with Crippen molar-refractivity contribution in [3.8, 4) is 0 Å². The topological polar surface area (TPSA) is 42.7 Å². The Bertz CT molecular complexity index is 506. The van der Waals surface area contributed by atoms with Crippen molar-refractivity contribution in [2.24, 2.45) is 7.05 Å². The van der Waals surface area contributed by atoms with Gasteiger partial charge in [-0.15, -0.1) is 0 Å². The van der Waals surface area contributed by atoms with Crippen LogP contribution in [0.1, 0.15) is 31.9 Å². The van der Waals surface area contributed by atoms with E-state index >= 15 is 0 Å². The highest BCUT2D eigenvalue weighted by Gasteiger charge is 2.07. The van der Waals surface area contributed by atoms with Gasteiger partial charge in [0.25, 0.3) is 0 Å². The van der Waals surface area contributed by atoms with Crippen LogP contribution in [0.15, 0.2) is 40.9 Å². The van der Waals surface area contributed by atoms with Crippen molar-refractivity contribution in [2.75, 3.05) is 6.54 Å². The van der Waals surface area contributed by atoms with Crippen LogP contribution in [0, 0.1) is 0 Å². The molecule has 1 N–H and O–H groups in total. The number of aromatic nitrogens is 3. The average Bonchev–Trinajstić information content (AvgIpc) is 2.82. The molecule has 5 heteroatoms. The highest BCUT2D eigenvalue weighted by Crippen LogP contribution is 2.24. The maximum atomic E-state index is 4.49. The standard InChI is InChI=1S/C14H20N4S/c1-4-7-15-11(2)12-5-6-13(17-10-12)19-14-16-8-9-18(14)3/h5-6,8-11,15H,4,7H2,1-3H3. The summed E-state index contributed by atoms with van der Waals surface area (Å²) in [6.07, 6.45) is 6.82. The van der Waals surface area contributed by atoms with Crippen LogP contribution in [0.5, 0.6) is 0 Å². The minimum Gasteiger partial charge on any atom is -0.329 e. The van der Waals surface area contributed by atoms with Gasteiger partial charge in [-0.25, -0.2) is 9.97 Å². The quantitative estimate of drug-likeness (QED) is 0.880. The van der Waals surface area contributed by atoms with Gasteiger partial charge in [0.15, 0.2) is 5.16 Å². The number of rotatable bonds is 6. The fraction of sp³-hybridized carbons (Fsp3) is 0.429. The summed E-state index contributed by atoms with van der Waals surface area (Å²) < 4.78 is 1.99. The Kier molecular flexibility index (Phi) is 4.99. The summed E-state index contributed by atoms with van der Waals surface area (Å²) in [5.41, 5.74) is 1.22. The van der Waals surface area contributed by atoms with Gasteiger partial charge in [-0.1, -0.05) is 13.0 Å². The molecule has 1 atom stereocenters. The van der Waals surface area contributed by atoms with Crippen LogP contribution >= 0.6 is 11.8 Å². The van der Waals surface area contributed by atoms with E-state index in [2.05, 4.69) is 41.3 Å². The summed E-state index contributed by atoms with van der Waals surface area (Å²) >= 11 is 1.58. The van der Waals surface area contributed by atoms with Crippen molar-refractivity contribution in [3.63, 3.8) is 0 Å². The SMILES string of the molecule is CCCNC(C)c1ccc(Sc2nccn2C)nc1. The van der Waals surface area contributed by atoms with E-state index in [1.807, 2.05) is 24.0 Å². The third kappa shape index (κ3) is 3.81. The zero-order chi connectivity index (χ0) is 13.7. The molecule has 0 saturated carbocycles. The van der Waals surface area contributed by atoms with E-state index < -0.39 is 0 Å². The second-order valence-electron chi connectivity index (χ2n) is 4.53. The van der Waals surface area contributed by atoms with Gasteiger partial charge < -0.3 is 9.88 Å². The molecule has 19 heavy (non-hydrogen) atoms. The van der Waals surface area contributed by atoms with Crippen molar-refractivity contribution < 1.29 is 0 Å². The third-order valence-electron chi connectivity index (χ3n) is 2.93. The molecule has 2 rings (SSSR count). The van der Waals surface area contributed by atoms with Crippen LogP contribution in [0.3, 0.4) is 0 Å². The summed E-state index contributed by atoms with van der Waals surface area (Å²) in [5, 5.41) is 5.39. The Morgan fingerprint density at radius 3 is 2.79 bits per heavy atom. The van der Waals surface area contributed by atoms with Gasteiger partial charge in [0, 0.05) is 31.7 Å². The van der Waals surface area contributed by atoms with E-state index in [1.54, 1.807) is 18.0 Å². The zero-order valence-electron chi connectivity index (χ0n) is 11.6. The summed E-state index contributed by atoms with van der Waals surface area (Å²) in [7, 11) is 1.99. The van der Waals surface area contributed by atoms with E-state index in [0.29, 0.717) is 6.04 Å². The first-order chi connectivity index (χ1) is 9.20. The van der Waals surface area contributed by atoms with E-state index in [1.165, 1.54) is 5.56 Å². The van der Waals surface area contributed by atoms with Crippen LogP contribution in [0.2, 0.25) is 0 Å². The fourth-order valence-corrected chi connectivity index (χ4v) is 2.48. The van der Waals surface area contributed by atoms with E-state index in [4.69, 9.17) is 0 Å². The Balaban J connectivity index is 2.00. The molecule has 102 valence electrons. The molecule has 2 aromatic heterocycles. The number of nitrogens with zero attached hydrogens (tertiary/aromatic N) is 3. The molecule has 0 bridgehead atoms. The molecule has 0 aromatic carbocycles. The fourth-order valence-electron chi connectivity index (χ4n) is 1.73. The lowest BCUT2D eigenvalue weighted by molar-refractivity contribution is 0.568. The first-order valence-corrected chi connectivity index (χ1v) is 7.37. The number of imidazole rings is 1. The van der Waals surface area contributed by atoms with Gasteiger partial charge in [-0.3, -0.25) is 0 Å². The minimum atomic E-state index is 0.347. The smallest absolute Gasteiger partial charge is 0.174 e. The molecule has 0 radical (unpaired) electrons. The lowest BCUT2D eigenvalue weighted by Gasteiger charge is -2.13. The molecule has 0 saturated heterocycles. The Labute approximate surface area is 118 Å². The van der Waals surface area contributed by atoms with Gasteiger partial charge in [0.05, 0.1) is 0 Å². The molecule has 0 fully saturated rings. The summed E-state index contributed by atoms with van der Waals surface area (Å²) in [4.78, 5) is 8.78. The second kappa shape index (κ2) is 6.73. The molecule has 0 aliphatic heterocycles. The summed E-state index contributed by atoms with van der Waals surface area (Å²) in [6, 6.07) is 4.53. The monoisotopic (exact) mass is 276 g/mol. The summed E-state index contributed by atoms with van der Waals surface area (Å²) in [6.45, 7) is 5.37. The maximum absolute atomic E-state index is 4.49. The summed E-state index contributed by atoms with van der Waals surface area (Å²) in [5.74, 6) is 0. The zero-order valence-corrected chi connectivity index (χ0v) is 12.4. The Morgan fingerprint density at radius 2 is 2.21 bits per heavy atom. The van der Waals surface area contributed by atoms with Gasteiger partial charge in [0.1, 0.15) is 5.03 Å². The highest BCUT2D eigenvalue weighted by molar-refractivity contribution is 7.99. The molecule has 0 aliphatic rings. The molecule has 0 amide bonds. The van der Waals surface area contributed by atoms with Crippen molar-refractivity contribution >= 4 is 11.8 Å². The van der Waals surface area contributed by atoms with Gasteiger partial charge in [-0.05, 0) is 43.3 Å². The Hall–Kier alpha value is -1.33. The largest absolute Gasteiger partial charge is 0.329 e. The van der Waals surface area contributed by atoms with Crippen molar-refractivity contribution in [3.05, 3.63) is 36.3 Å². The number of nitrogens with one attached hydrogen (secondary N) is 1. The average molecular weight is 276 g/mol. The number of hydrogen-bond donors (Lipinski definition) is 1. The van der Waals surface area contributed by atoms with Crippen LogP contribution in [0.4, 0.5) is 0 Å². The number of aryl methyl sites for hydroxylation is 1. The van der Waals surface area contributed by atoms with Crippen molar-refractivity contribution in [1.29, 1.82) is 0 Å². The van der Waals surface area contributed by atoms with Crippen molar-refractivity contribution in [2.45, 2.75) is 36.5 Å². The van der Waals surface area contributed by atoms with E-state index in [-0.39, 0.29) is 0 Å². The molecular weight excluding hydrogens is 256 g/mol. The maximum Gasteiger partial charge on any atom is 0.174 e. The van der Waals surface area contributed by atoms with Gasteiger partial charge in [0.2, 0.25) is 0 Å². The molecule has 0 aliphatic carbocycles. The minimum absolute atomic E-state index is 0.347. The van der Waals surface area contributed by atoms with Crippen LogP contribution in [0.25, 0.3) is 0 Å². The normalized spacial score (nSPS) is 12.6. The molecule has 1 unspecified atom stereocenters. The Morgan fingerprint density at radius 1 is 1.37 bits per heavy atom. The molecule has 0 spiro atoms. The second-order valence-corrected chi connectivity index (χ2v) is 5.52. The molecule has 2 aromatic rings. The highest BCUT2D eigenvalue weighted by atomic mass is 32.2. The van der Waals surface area contributed by atoms with Crippen molar-refractivity contribution in [1.82, 2.24) is 19.9 Å². The van der Waals surface area contributed by atoms with Crippen LogP contribution in [-0.2, 0) is 7.05 Å². The van der Waals surface area contributed by atoms with E-state index in [0.717, 1.165) is 23.1 Å². The number of pyridine rings is 1. The third-order valence-corrected chi connectivity index (χ3v) is 3.96. The van der Waals surface area contributed by atoms with Crippen LogP contribution < -0.4 is 5.32 Å². The van der Waals surface area contributed by atoms with Gasteiger partial charge >= 0.3 is 0 Å². The predicted molar refractivity (Wildman–Crippen MR) is 78.3 cm³/mol. The van der Waals surface area contributed by atoms with E-state index in [9.17, 15) is 0 Å². The number of hydrogen-bond acceptors (Lipinski definition) is 4. The molecular formula is C14H20N4S.